The lowest BCUT2D eigenvalue weighted by molar-refractivity contribution is -0.139. The van der Waals surface area contributed by atoms with Gasteiger partial charge in [0.25, 0.3) is 10.0 Å². The molecule has 6 nitrogen and oxygen atoms in total. The topological polar surface area (TPSA) is 92.7 Å². The number of hydrogen-bond acceptors (Lipinski definition) is 4. The van der Waals surface area contributed by atoms with E-state index >= 15 is 0 Å². The van der Waals surface area contributed by atoms with Crippen molar-refractivity contribution in [2.24, 2.45) is 0 Å². The van der Waals surface area contributed by atoms with Gasteiger partial charge in [-0.15, -0.1) is 0 Å². The highest BCUT2D eigenvalue weighted by Gasteiger charge is 2.15. The number of nitrogens with one attached hydrogen (secondary N) is 1. The van der Waals surface area contributed by atoms with Crippen LogP contribution in [0.2, 0.25) is 0 Å². The highest BCUT2D eigenvalue weighted by molar-refractivity contribution is 7.92. The fourth-order valence-corrected chi connectivity index (χ4v) is 3.03. The number of benzene rings is 2. The van der Waals surface area contributed by atoms with Crippen LogP contribution in [0.4, 0.5) is 5.69 Å². The van der Waals surface area contributed by atoms with E-state index in [1.165, 1.54) is 24.3 Å². The van der Waals surface area contributed by atoms with Crippen LogP contribution in [0.25, 0.3) is 0 Å². The van der Waals surface area contributed by atoms with Crippen molar-refractivity contribution in [3.8, 4) is 5.75 Å². The molecule has 2 N–H and O–H groups in total. The molecule has 0 saturated carbocycles. The summed E-state index contributed by atoms with van der Waals surface area (Å²) in [6.45, 7) is 3.22. The van der Waals surface area contributed by atoms with Crippen molar-refractivity contribution in [2.75, 3.05) is 11.3 Å². The average molecular weight is 335 g/mol. The maximum Gasteiger partial charge on any atom is 0.341 e. The number of anilines is 1. The van der Waals surface area contributed by atoms with Gasteiger partial charge >= 0.3 is 5.97 Å². The number of ether oxygens (including phenoxy) is 1. The summed E-state index contributed by atoms with van der Waals surface area (Å²) >= 11 is 0. The van der Waals surface area contributed by atoms with Crippen LogP contribution in [0.5, 0.6) is 5.75 Å². The summed E-state index contributed by atoms with van der Waals surface area (Å²) in [5.41, 5.74) is 2.29. The van der Waals surface area contributed by atoms with Crippen LogP contribution in [0, 0.1) is 13.8 Å². The minimum absolute atomic E-state index is 0.0704. The molecule has 0 aliphatic carbocycles. The fraction of sp³-hybridized carbons (Fsp3) is 0.188. The zero-order valence-electron chi connectivity index (χ0n) is 12.7. The van der Waals surface area contributed by atoms with Crippen molar-refractivity contribution in [3.05, 3.63) is 53.6 Å². The van der Waals surface area contributed by atoms with Crippen molar-refractivity contribution in [2.45, 2.75) is 18.7 Å². The predicted molar refractivity (Wildman–Crippen MR) is 86.3 cm³/mol. The third-order valence-electron chi connectivity index (χ3n) is 3.13. The summed E-state index contributed by atoms with van der Waals surface area (Å²) in [4.78, 5) is 10.5. The van der Waals surface area contributed by atoms with Gasteiger partial charge in [-0.05, 0) is 55.3 Å². The van der Waals surface area contributed by atoms with E-state index in [9.17, 15) is 13.2 Å². The zero-order chi connectivity index (χ0) is 17.0. The van der Waals surface area contributed by atoms with Crippen LogP contribution < -0.4 is 9.46 Å². The quantitative estimate of drug-likeness (QED) is 0.846. The molecule has 2 rings (SSSR count). The van der Waals surface area contributed by atoms with Crippen LogP contribution in [0.1, 0.15) is 11.1 Å². The maximum atomic E-state index is 12.4. The average Bonchev–Trinajstić information content (AvgIpc) is 2.49. The van der Waals surface area contributed by atoms with Gasteiger partial charge in [0, 0.05) is 0 Å². The predicted octanol–water partition coefficient (Wildman–Crippen LogP) is 2.57. The standard InChI is InChI=1S/C16H17NO5S/c1-11-3-4-12(2)15(9-11)17-23(20,21)14-7-5-13(6-8-14)22-10-16(18)19/h3-9,17H,10H2,1-2H3,(H,18,19). The summed E-state index contributed by atoms with van der Waals surface area (Å²) < 4.78 is 32.3. The molecule has 0 radical (unpaired) electrons. The third-order valence-corrected chi connectivity index (χ3v) is 4.52. The molecule has 0 aliphatic heterocycles. The van der Waals surface area contributed by atoms with E-state index in [0.29, 0.717) is 5.69 Å². The van der Waals surface area contributed by atoms with Crippen molar-refractivity contribution >= 4 is 21.7 Å². The lowest BCUT2D eigenvalue weighted by Crippen LogP contribution is -2.14. The van der Waals surface area contributed by atoms with Gasteiger partial charge in [-0.2, -0.15) is 0 Å². The molecule has 122 valence electrons. The normalized spacial score (nSPS) is 11.0. The van der Waals surface area contributed by atoms with E-state index in [-0.39, 0.29) is 10.6 Å². The van der Waals surface area contributed by atoms with Crippen LogP contribution >= 0.6 is 0 Å². The lowest BCUT2D eigenvalue weighted by Gasteiger charge is -2.12. The van der Waals surface area contributed by atoms with E-state index in [1.54, 1.807) is 6.07 Å². The highest BCUT2D eigenvalue weighted by atomic mass is 32.2. The number of aryl methyl sites for hydroxylation is 2. The van der Waals surface area contributed by atoms with Crippen molar-refractivity contribution in [1.82, 2.24) is 0 Å². The molecular weight excluding hydrogens is 318 g/mol. The number of carbonyl (C=O) groups is 1. The van der Waals surface area contributed by atoms with E-state index in [0.717, 1.165) is 11.1 Å². The second kappa shape index (κ2) is 6.70. The Hall–Kier alpha value is -2.54. The Morgan fingerprint density at radius 2 is 1.78 bits per heavy atom. The Morgan fingerprint density at radius 1 is 1.13 bits per heavy atom. The summed E-state index contributed by atoms with van der Waals surface area (Å²) in [6.07, 6.45) is 0. The second-order valence-corrected chi connectivity index (χ2v) is 6.76. The van der Waals surface area contributed by atoms with E-state index in [2.05, 4.69) is 4.72 Å². The molecule has 0 bridgehead atoms. The Bertz CT molecular complexity index is 813. The summed E-state index contributed by atoms with van der Waals surface area (Å²) in [6, 6.07) is 11.1. The third kappa shape index (κ3) is 4.46. The monoisotopic (exact) mass is 335 g/mol. The van der Waals surface area contributed by atoms with Crippen LogP contribution in [-0.2, 0) is 14.8 Å². The van der Waals surface area contributed by atoms with Crippen molar-refractivity contribution < 1.29 is 23.1 Å². The Morgan fingerprint density at radius 3 is 2.39 bits per heavy atom. The van der Waals surface area contributed by atoms with Gasteiger partial charge in [-0.1, -0.05) is 12.1 Å². The molecule has 23 heavy (non-hydrogen) atoms. The zero-order valence-corrected chi connectivity index (χ0v) is 13.6. The van der Waals surface area contributed by atoms with Crippen molar-refractivity contribution in [3.63, 3.8) is 0 Å². The first-order valence-corrected chi connectivity index (χ1v) is 8.31. The molecule has 0 saturated heterocycles. The van der Waals surface area contributed by atoms with Gasteiger partial charge < -0.3 is 9.84 Å². The van der Waals surface area contributed by atoms with Gasteiger partial charge in [0.05, 0.1) is 10.6 Å². The molecule has 0 fully saturated rings. The van der Waals surface area contributed by atoms with Crippen molar-refractivity contribution in [1.29, 1.82) is 0 Å². The number of hydrogen-bond donors (Lipinski definition) is 2. The molecule has 0 unspecified atom stereocenters. The Balaban J connectivity index is 2.19. The van der Waals surface area contributed by atoms with Crippen LogP contribution in [-0.4, -0.2) is 26.1 Å². The fourth-order valence-electron chi connectivity index (χ4n) is 1.91. The smallest absolute Gasteiger partial charge is 0.341 e. The Labute approximate surface area is 134 Å². The van der Waals surface area contributed by atoms with Gasteiger partial charge in [0.15, 0.2) is 6.61 Å². The minimum Gasteiger partial charge on any atom is -0.482 e. The Kier molecular flexibility index (Phi) is 4.90. The number of aliphatic carboxylic acids is 1. The highest BCUT2D eigenvalue weighted by Crippen LogP contribution is 2.22. The van der Waals surface area contributed by atoms with Gasteiger partial charge in [0.1, 0.15) is 5.75 Å². The minimum atomic E-state index is -3.72. The first kappa shape index (κ1) is 16.8. The van der Waals surface area contributed by atoms with E-state index < -0.39 is 22.6 Å². The summed E-state index contributed by atoms with van der Waals surface area (Å²) in [5.74, 6) is -0.809. The molecule has 0 amide bonds. The molecule has 2 aromatic carbocycles. The number of carboxylic acid groups (broad SMARTS) is 1. The number of rotatable bonds is 6. The first-order chi connectivity index (χ1) is 10.8. The molecule has 0 spiro atoms. The SMILES string of the molecule is Cc1ccc(C)c(NS(=O)(=O)c2ccc(OCC(=O)O)cc2)c1. The molecule has 0 aromatic heterocycles. The molecule has 0 aliphatic rings. The number of carboxylic acids is 1. The van der Waals surface area contributed by atoms with E-state index in [4.69, 9.17) is 9.84 Å². The molecule has 0 atom stereocenters. The summed E-state index contributed by atoms with van der Waals surface area (Å²) in [5, 5.41) is 8.54. The summed E-state index contributed by atoms with van der Waals surface area (Å²) in [7, 11) is -3.72. The maximum absolute atomic E-state index is 12.4. The van der Waals surface area contributed by atoms with Gasteiger partial charge in [0.2, 0.25) is 0 Å². The van der Waals surface area contributed by atoms with Gasteiger partial charge in [-0.25, -0.2) is 13.2 Å². The molecule has 2 aromatic rings. The molecule has 7 heteroatoms. The molecular formula is C16H17NO5S. The lowest BCUT2D eigenvalue weighted by atomic mass is 10.1. The van der Waals surface area contributed by atoms with Gasteiger partial charge in [-0.3, -0.25) is 4.72 Å². The second-order valence-electron chi connectivity index (χ2n) is 5.08. The first-order valence-electron chi connectivity index (χ1n) is 6.83. The van der Waals surface area contributed by atoms with Crippen LogP contribution in [0.3, 0.4) is 0 Å². The molecule has 0 heterocycles. The van der Waals surface area contributed by atoms with E-state index in [1.807, 2.05) is 26.0 Å². The largest absolute Gasteiger partial charge is 0.482 e. The van der Waals surface area contributed by atoms with Crippen LogP contribution in [0.15, 0.2) is 47.4 Å². The number of sulfonamides is 1.